The van der Waals surface area contributed by atoms with E-state index in [0.29, 0.717) is 6.42 Å². The van der Waals surface area contributed by atoms with Crippen molar-refractivity contribution in [3.8, 4) is 0 Å². The van der Waals surface area contributed by atoms with Crippen molar-refractivity contribution in [3.63, 3.8) is 0 Å². The fourth-order valence-corrected chi connectivity index (χ4v) is 1.64. The first-order valence-corrected chi connectivity index (χ1v) is 5.89. The van der Waals surface area contributed by atoms with Crippen LogP contribution in [0.2, 0.25) is 0 Å². The molecule has 0 aromatic carbocycles. The van der Waals surface area contributed by atoms with E-state index in [-0.39, 0.29) is 18.9 Å². The molecule has 18 heavy (non-hydrogen) atoms. The molecule has 1 aliphatic rings. The normalized spacial score (nSPS) is 20.6. The average molecular weight is 257 g/mol. The van der Waals surface area contributed by atoms with E-state index in [9.17, 15) is 14.4 Å². The lowest BCUT2D eigenvalue weighted by Crippen LogP contribution is -2.48. The number of nitrogens with zero attached hydrogens (tertiary/aromatic N) is 1. The molecule has 1 rings (SSSR count). The highest BCUT2D eigenvalue weighted by Gasteiger charge is 2.34. The van der Waals surface area contributed by atoms with E-state index in [2.05, 4.69) is 0 Å². The Morgan fingerprint density at radius 2 is 1.94 bits per heavy atom. The van der Waals surface area contributed by atoms with Crippen molar-refractivity contribution in [1.82, 2.24) is 4.90 Å². The summed E-state index contributed by atoms with van der Waals surface area (Å²) in [5, 5.41) is 0. The third-order valence-corrected chi connectivity index (χ3v) is 2.31. The van der Waals surface area contributed by atoms with Crippen LogP contribution in [0.25, 0.3) is 0 Å². The van der Waals surface area contributed by atoms with Gasteiger partial charge in [0.25, 0.3) is 0 Å². The molecule has 6 nitrogen and oxygen atoms in total. The Morgan fingerprint density at radius 3 is 2.44 bits per heavy atom. The molecule has 2 amide bonds. The van der Waals surface area contributed by atoms with Gasteiger partial charge in [0.1, 0.15) is 11.7 Å². The molecule has 0 spiro atoms. The Bertz CT molecular complexity index is 358. The van der Waals surface area contributed by atoms with Gasteiger partial charge in [0, 0.05) is 13.3 Å². The van der Waals surface area contributed by atoms with Gasteiger partial charge in [-0.1, -0.05) is 0 Å². The third kappa shape index (κ3) is 4.35. The van der Waals surface area contributed by atoms with Crippen LogP contribution < -0.4 is 0 Å². The summed E-state index contributed by atoms with van der Waals surface area (Å²) in [5.74, 6) is -0.717. The molecule has 0 aromatic heterocycles. The summed E-state index contributed by atoms with van der Waals surface area (Å²) in [6.07, 6.45) is -0.508. The zero-order valence-electron chi connectivity index (χ0n) is 11.2. The second-order valence-corrected chi connectivity index (χ2v) is 5.25. The van der Waals surface area contributed by atoms with Crippen LogP contribution in [0.4, 0.5) is 4.79 Å². The van der Waals surface area contributed by atoms with E-state index in [1.807, 2.05) is 0 Å². The topological polar surface area (TPSA) is 72.9 Å². The van der Waals surface area contributed by atoms with Crippen molar-refractivity contribution in [3.05, 3.63) is 0 Å². The molecule has 1 heterocycles. The number of imide groups is 1. The molecule has 1 saturated heterocycles. The van der Waals surface area contributed by atoms with E-state index < -0.39 is 23.8 Å². The predicted molar refractivity (Wildman–Crippen MR) is 62.7 cm³/mol. The van der Waals surface area contributed by atoms with Crippen molar-refractivity contribution in [1.29, 1.82) is 0 Å². The second kappa shape index (κ2) is 5.37. The third-order valence-electron chi connectivity index (χ3n) is 2.31. The number of hydrogen-bond acceptors (Lipinski definition) is 5. The maximum absolute atomic E-state index is 11.8. The van der Waals surface area contributed by atoms with Crippen molar-refractivity contribution < 1.29 is 23.9 Å². The zero-order valence-corrected chi connectivity index (χ0v) is 11.2. The fraction of sp³-hybridized carbons (Fsp3) is 0.750. The highest BCUT2D eigenvalue weighted by molar-refractivity contribution is 5.92. The maximum atomic E-state index is 11.8. The lowest BCUT2D eigenvalue weighted by Gasteiger charge is -2.32. The Morgan fingerprint density at radius 1 is 1.33 bits per heavy atom. The van der Waals surface area contributed by atoms with Crippen LogP contribution in [0.15, 0.2) is 0 Å². The van der Waals surface area contributed by atoms with Crippen LogP contribution >= 0.6 is 0 Å². The van der Waals surface area contributed by atoms with Gasteiger partial charge in [0.05, 0.1) is 6.54 Å². The van der Waals surface area contributed by atoms with Crippen LogP contribution in [-0.4, -0.2) is 41.1 Å². The van der Waals surface area contributed by atoms with Gasteiger partial charge in [-0.05, 0) is 27.2 Å². The highest BCUT2D eigenvalue weighted by atomic mass is 16.6. The summed E-state index contributed by atoms with van der Waals surface area (Å²) in [7, 11) is 0. The van der Waals surface area contributed by atoms with Gasteiger partial charge in [0.15, 0.2) is 0 Å². The summed E-state index contributed by atoms with van der Waals surface area (Å²) in [4.78, 5) is 35.3. The van der Waals surface area contributed by atoms with E-state index >= 15 is 0 Å². The molecule has 0 aliphatic carbocycles. The molecule has 1 fully saturated rings. The molecule has 102 valence electrons. The van der Waals surface area contributed by atoms with Crippen LogP contribution in [-0.2, 0) is 19.1 Å². The number of esters is 1. The summed E-state index contributed by atoms with van der Waals surface area (Å²) < 4.78 is 10.1. The summed E-state index contributed by atoms with van der Waals surface area (Å²) in [5.41, 5.74) is -0.661. The van der Waals surface area contributed by atoms with Gasteiger partial charge in [-0.15, -0.1) is 0 Å². The number of carbonyl (C=O) groups excluding carboxylic acids is 3. The largest absolute Gasteiger partial charge is 0.461 e. The Balaban J connectivity index is 2.64. The number of ether oxygens (including phenoxy) is 2. The summed E-state index contributed by atoms with van der Waals surface area (Å²) in [6, 6.07) is 0. The lowest BCUT2D eigenvalue weighted by atomic mass is 10.1. The standard InChI is InChI=1S/C12H19NO5/c1-8(14)17-9-5-6-10(15)13(7-9)11(16)18-12(2,3)4/h9H,5-7H2,1-4H3/t9-/m1/s1. The first-order valence-electron chi connectivity index (χ1n) is 5.89. The first-order chi connectivity index (χ1) is 8.19. The molecule has 0 bridgehead atoms. The van der Waals surface area contributed by atoms with Crippen LogP contribution in [0, 0.1) is 0 Å². The molecule has 0 unspecified atom stereocenters. The number of piperidine rings is 1. The van der Waals surface area contributed by atoms with Gasteiger partial charge in [-0.25, -0.2) is 9.69 Å². The summed E-state index contributed by atoms with van der Waals surface area (Å²) in [6.45, 7) is 6.54. The lowest BCUT2D eigenvalue weighted by molar-refractivity contribution is -0.153. The van der Waals surface area contributed by atoms with Gasteiger partial charge in [-0.3, -0.25) is 9.59 Å². The molecule has 1 aliphatic heterocycles. The number of rotatable bonds is 1. The number of hydrogen-bond donors (Lipinski definition) is 0. The SMILES string of the molecule is CC(=O)O[C@@H]1CCC(=O)N(C(=O)OC(C)(C)C)C1. The van der Waals surface area contributed by atoms with Crippen molar-refractivity contribution in [2.24, 2.45) is 0 Å². The smallest absolute Gasteiger partial charge is 0.417 e. The van der Waals surface area contributed by atoms with E-state index in [1.54, 1.807) is 20.8 Å². The van der Waals surface area contributed by atoms with E-state index in [0.717, 1.165) is 4.90 Å². The fourth-order valence-electron chi connectivity index (χ4n) is 1.64. The Kier molecular flexibility index (Phi) is 4.32. The van der Waals surface area contributed by atoms with Gasteiger partial charge < -0.3 is 9.47 Å². The number of amides is 2. The zero-order chi connectivity index (χ0) is 13.9. The highest BCUT2D eigenvalue weighted by Crippen LogP contribution is 2.18. The van der Waals surface area contributed by atoms with Crippen molar-refractivity contribution >= 4 is 18.0 Å². The summed E-state index contributed by atoms with van der Waals surface area (Å²) >= 11 is 0. The molecule has 6 heteroatoms. The molecule has 0 saturated carbocycles. The Labute approximate surface area is 106 Å². The van der Waals surface area contributed by atoms with Gasteiger partial charge in [0.2, 0.25) is 5.91 Å². The monoisotopic (exact) mass is 257 g/mol. The molecule has 0 radical (unpaired) electrons. The van der Waals surface area contributed by atoms with E-state index in [4.69, 9.17) is 9.47 Å². The minimum Gasteiger partial charge on any atom is -0.461 e. The molecule has 1 atom stereocenters. The first kappa shape index (κ1) is 14.5. The second-order valence-electron chi connectivity index (χ2n) is 5.25. The predicted octanol–water partition coefficient (Wildman–Crippen LogP) is 1.48. The number of carbonyl (C=O) groups is 3. The molecular formula is C12H19NO5. The minimum atomic E-state index is -0.690. The number of likely N-dealkylation sites (tertiary alicyclic amines) is 1. The average Bonchev–Trinajstić information content (AvgIpc) is 2.17. The molecule has 0 N–H and O–H groups in total. The van der Waals surface area contributed by atoms with Crippen LogP contribution in [0.5, 0.6) is 0 Å². The van der Waals surface area contributed by atoms with Crippen LogP contribution in [0.3, 0.4) is 0 Å². The van der Waals surface area contributed by atoms with E-state index in [1.165, 1.54) is 6.92 Å². The van der Waals surface area contributed by atoms with Gasteiger partial charge in [-0.2, -0.15) is 0 Å². The van der Waals surface area contributed by atoms with Crippen molar-refractivity contribution in [2.75, 3.05) is 6.54 Å². The Hall–Kier alpha value is -1.59. The quantitative estimate of drug-likeness (QED) is 0.665. The molecule has 0 aromatic rings. The van der Waals surface area contributed by atoms with Crippen molar-refractivity contribution in [2.45, 2.75) is 52.2 Å². The maximum Gasteiger partial charge on any atom is 0.417 e. The van der Waals surface area contributed by atoms with Crippen LogP contribution in [0.1, 0.15) is 40.5 Å². The molecular weight excluding hydrogens is 238 g/mol. The van der Waals surface area contributed by atoms with Gasteiger partial charge >= 0.3 is 12.1 Å². The minimum absolute atomic E-state index is 0.0628.